The predicted octanol–water partition coefficient (Wildman–Crippen LogP) is 2.14. The van der Waals surface area contributed by atoms with Crippen molar-refractivity contribution in [3.63, 3.8) is 0 Å². The van der Waals surface area contributed by atoms with Gasteiger partial charge in [0.25, 0.3) is 5.91 Å². The molecule has 7 heteroatoms. The Morgan fingerprint density at radius 2 is 2.14 bits per heavy atom. The third kappa shape index (κ3) is 5.22. The average molecular weight is 328 g/mol. The molecule has 0 saturated heterocycles. The van der Waals surface area contributed by atoms with Gasteiger partial charge in [0.1, 0.15) is 5.69 Å². The van der Waals surface area contributed by atoms with Gasteiger partial charge < -0.3 is 19.8 Å². The zero-order valence-corrected chi connectivity index (χ0v) is 15.3. The fourth-order valence-corrected chi connectivity index (χ4v) is 3.30. The molecule has 1 heterocycles. The Labute approximate surface area is 133 Å². The molecule has 6 nitrogen and oxygen atoms in total. The molecule has 1 aromatic heterocycles. The molecule has 0 radical (unpaired) electrons. The van der Waals surface area contributed by atoms with Crippen LogP contribution in [0.25, 0.3) is 0 Å². The number of primary amides is 1. The number of hydrogen-bond acceptors (Lipinski definition) is 4. The van der Waals surface area contributed by atoms with Crippen molar-refractivity contribution in [1.29, 1.82) is 0 Å². The van der Waals surface area contributed by atoms with Gasteiger partial charge in [-0.3, -0.25) is 4.79 Å². The van der Waals surface area contributed by atoms with Crippen molar-refractivity contribution in [1.82, 2.24) is 9.55 Å². The first-order valence-corrected chi connectivity index (χ1v) is 10.6. The molecule has 0 bridgehead atoms. The second kappa shape index (κ2) is 7.39. The molecule has 22 heavy (non-hydrogen) atoms. The van der Waals surface area contributed by atoms with Crippen molar-refractivity contribution in [3.8, 4) is 0 Å². The maximum atomic E-state index is 11.1. The number of aliphatic hydroxyl groups is 1. The lowest BCUT2D eigenvalue weighted by Gasteiger charge is -2.39. The van der Waals surface area contributed by atoms with Gasteiger partial charge in [0.2, 0.25) is 0 Å². The summed E-state index contributed by atoms with van der Waals surface area (Å²) in [7, 11) is -1.89. The Morgan fingerprint density at radius 1 is 1.50 bits per heavy atom. The van der Waals surface area contributed by atoms with Crippen LogP contribution in [0.2, 0.25) is 18.1 Å². The number of nitrogens with zero attached hydrogens (tertiary/aromatic N) is 2. The Kier molecular flexibility index (Phi) is 6.34. The van der Waals surface area contributed by atoms with Crippen LogP contribution in [0.1, 0.15) is 44.1 Å². The molecular weight excluding hydrogens is 298 g/mol. The van der Waals surface area contributed by atoms with E-state index in [1.807, 2.05) is 4.57 Å². The van der Waals surface area contributed by atoms with Crippen molar-refractivity contribution in [2.75, 3.05) is 6.61 Å². The number of carbonyl (C=O) groups excluding carboxylic acids is 1. The van der Waals surface area contributed by atoms with E-state index in [9.17, 15) is 4.79 Å². The van der Waals surface area contributed by atoms with E-state index in [0.29, 0.717) is 13.0 Å². The highest BCUT2D eigenvalue weighted by molar-refractivity contribution is 6.74. The number of rotatable bonds is 8. The SMILES string of the molecule is CC(C)(C)[Si](C)(C)OC(CCCO)Cn1cnc(C(N)=O)c1. The fraction of sp³-hybridized carbons (Fsp3) is 0.733. The summed E-state index contributed by atoms with van der Waals surface area (Å²) in [5, 5.41) is 9.21. The summed E-state index contributed by atoms with van der Waals surface area (Å²) in [5.74, 6) is -0.532. The number of hydrogen-bond donors (Lipinski definition) is 2. The third-order valence-electron chi connectivity index (χ3n) is 4.25. The molecule has 1 amide bonds. The summed E-state index contributed by atoms with van der Waals surface area (Å²) in [6.45, 7) is 11.8. The highest BCUT2D eigenvalue weighted by atomic mass is 28.4. The van der Waals surface area contributed by atoms with Gasteiger partial charge in [-0.2, -0.15) is 0 Å². The van der Waals surface area contributed by atoms with Gasteiger partial charge in [-0.15, -0.1) is 0 Å². The topological polar surface area (TPSA) is 90.4 Å². The van der Waals surface area contributed by atoms with Crippen LogP contribution in [0.15, 0.2) is 12.5 Å². The minimum atomic E-state index is -1.89. The number of nitrogens with two attached hydrogens (primary N) is 1. The molecule has 0 aliphatic carbocycles. The lowest BCUT2D eigenvalue weighted by atomic mass is 10.2. The maximum absolute atomic E-state index is 11.1. The summed E-state index contributed by atoms with van der Waals surface area (Å²) in [6, 6.07) is 0. The van der Waals surface area contributed by atoms with E-state index < -0.39 is 14.2 Å². The minimum Gasteiger partial charge on any atom is -0.412 e. The molecule has 1 rings (SSSR count). The molecule has 1 aromatic rings. The summed E-state index contributed by atoms with van der Waals surface area (Å²) in [4.78, 5) is 15.1. The van der Waals surface area contributed by atoms with E-state index in [2.05, 4.69) is 38.8 Å². The Balaban J connectivity index is 2.81. The molecule has 0 spiro atoms. The van der Waals surface area contributed by atoms with Gasteiger partial charge in [-0.1, -0.05) is 20.8 Å². The molecule has 0 aliphatic heterocycles. The Bertz CT molecular complexity index is 494. The van der Waals surface area contributed by atoms with E-state index in [-0.39, 0.29) is 23.4 Å². The van der Waals surface area contributed by atoms with Gasteiger partial charge in [0, 0.05) is 19.3 Å². The molecular formula is C15H29N3O3Si. The van der Waals surface area contributed by atoms with Crippen LogP contribution in [-0.4, -0.2) is 41.6 Å². The molecule has 1 unspecified atom stereocenters. The normalized spacial score (nSPS) is 14.1. The highest BCUT2D eigenvalue weighted by Gasteiger charge is 2.39. The standard InChI is InChI=1S/C15H29N3O3Si/c1-15(2,3)22(4,5)21-12(7-6-8-19)9-18-10-13(14(16)20)17-11-18/h10-12,19H,6-9H2,1-5H3,(H2,16,20). The monoisotopic (exact) mass is 327 g/mol. The summed E-state index contributed by atoms with van der Waals surface area (Å²) in [5.41, 5.74) is 5.48. The molecule has 0 aromatic carbocycles. The fourth-order valence-electron chi connectivity index (χ4n) is 1.92. The van der Waals surface area contributed by atoms with Gasteiger partial charge in [0.05, 0.1) is 12.4 Å². The van der Waals surface area contributed by atoms with Crippen LogP contribution in [-0.2, 0) is 11.0 Å². The van der Waals surface area contributed by atoms with E-state index in [0.717, 1.165) is 6.42 Å². The van der Waals surface area contributed by atoms with Crippen LogP contribution in [0.3, 0.4) is 0 Å². The van der Waals surface area contributed by atoms with Crippen LogP contribution in [0, 0.1) is 0 Å². The van der Waals surface area contributed by atoms with E-state index in [4.69, 9.17) is 15.3 Å². The van der Waals surface area contributed by atoms with Crippen LogP contribution in [0.5, 0.6) is 0 Å². The summed E-state index contributed by atoms with van der Waals surface area (Å²) < 4.78 is 8.27. The maximum Gasteiger partial charge on any atom is 0.268 e. The zero-order chi connectivity index (χ0) is 17.0. The largest absolute Gasteiger partial charge is 0.412 e. The van der Waals surface area contributed by atoms with Crippen molar-refractivity contribution < 1.29 is 14.3 Å². The Morgan fingerprint density at radius 3 is 2.59 bits per heavy atom. The number of amides is 1. The predicted molar refractivity (Wildman–Crippen MR) is 89.1 cm³/mol. The van der Waals surface area contributed by atoms with E-state index in [1.54, 1.807) is 12.5 Å². The van der Waals surface area contributed by atoms with Crippen molar-refractivity contribution >= 4 is 14.2 Å². The average Bonchev–Trinajstić information content (AvgIpc) is 2.83. The second-order valence-corrected chi connectivity index (χ2v) is 11.9. The summed E-state index contributed by atoms with van der Waals surface area (Å²) >= 11 is 0. The molecule has 3 N–H and O–H groups in total. The number of imidazole rings is 1. The van der Waals surface area contributed by atoms with Gasteiger partial charge in [-0.25, -0.2) is 4.98 Å². The van der Waals surface area contributed by atoms with Crippen molar-refractivity contribution in [3.05, 3.63) is 18.2 Å². The van der Waals surface area contributed by atoms with Crippen molar-refractivity contribution in [2.45, 2.75) is 64.4 Å². The first-order valence-electron chi connectivity index (χ1n) is 7.67. The van der Waals surface area contributed by atoms with Crippen LogP contribution in [0.4, 0.5) is 0 Å². The lowest BCUT2D eigenvalue weighted by Crippen LogP contribution is -2.45. The highest BCUT2D eigenvalue weighted by Crippen LogP contribution is 2.37. The molecule has 1 atom stereocenters. The van der Waals surface area contributed by atoms with Gasteiger partial charge in [-0.05, 0) is 31.0 Å². The van der Waals surface area contributed by atoms with Gasteiger partial charge >= 0.3 is 0 Å². The van der Waals surface area contributed by atoms with E-state index in [1.165, 1.54) is 0 Å². The van der Waals surface area contributed by atoms with Crippen molar-refractivity contribution in [2.24, 2.45) is 5.73 Å². The van der Waals surface area contributed by atoms with Crippen LogP contribution >= 0.6 is 0 Å². The lowest BCUT2D eigenvalue weighted by molar-refractivity contribution is 0.0995. The smallest absolute Gasteiger partial charge is 0.268 e. The number of aromatic nitrogens is 2. The first kappa shape index (κ1) is 18.9. The minimum absolute atomic E-state index is 0.0111. The number of carbonyl (C=O) groups is 1. The Hall–Kier alpha value is -1.18. The quantitative estimate of drug-likeness (QED) is 0.716. The molecule has 126 valence electrons. The molecule has 0 fully saturated rings. The number of aliphatic hydroxyl groups excluding tert-OH is 1. The van der Waals surface area contributed by atoms with Gasteiger partial charge in [0.15, 0.2) is 8.32 Å². The second-order valence-electron chi connectivity index (χ2n) is 7.19. The first-order chi connectivity index (χ1) is 10.1. The van der Waals surface area contributed by atoms with E-state index >= 15 is 0 Å². The van der Waals surface area contributed by atoms with Crippen LogP contribution < -0.4 is 5.73 Å². The molecule has 0 saturated carbocycles. The third-order valence-corrected chi connectivity index (χ3v) is 8.79. The molecule has 0 aliphatic rings. The zero-order valence-electron chi connectivity index (χ0n) is 14.3. The summed E-state index contributed by atoms with van der Waals surface area (Å²) in [6.07, 6.45) is 4.69.